The van der Waals surface area contributed by atoms with Crippen molar-refractivity contribution in [3.8, 4) is 5.75 Å². The van der Waals surface area contributed by atoms with E-state index in [-0.39, 0.29) is 17.0 Å². The molecule has 0 aliphatic heterocycles. The monoisotopic (exact) mass is 267 g/mol. The van der Waals surface area contributed by atoms with E-state index in [0.717, 1.165) is 18.9 Å². The summed E-state index contributed by atoms with van der Waals surface area (Å²) in [4.78, 5) is 11.1. The lowest BCUT2D eigenvalue weighted by Gasteiger charge is -2.22. The Morgan fingerprint density at radius 1 is 1.37 bits per heavy atom. The lowest BCUT2D eigenvalue weighted by Crippen LogP contribution is -2.17. The fraction of sp³-hybridized carbons (Fsp3) is 0.500. The van der Waals surface area contributed by atoms with Crippen LogP contribution in [0.15, 0.2) is 12.1 Å². The van der Waals surface area contributed by atoms with Gasteiger partial charge in [-0.1, -0.05) is 19.3 Å². The smallest absolute Gasteiger partial charge is 0.341 e. The molecule has 0 saturated heterocycles. The molecule has 0 aromatic heterocycles. The van der Waals surface area contributed by atoms with Gasteiger partial charge in [0.05, 0.1) is 12.3 Å². The Balaban J connectivity index is 2.11. The zero-order chi connectivity index (χ0) is 13.8. The molecule has 1 fully saturated rings. The molecular weight excluding hydrogens is 249 g/mol. The average molecular weight is 267 g/mol. The van der Waals surface area contributed by atoms with Gasteiger partial charge in [0.15, 0.2) is 0 Å². The maximum Gasteiger partial charge on any atom is 0.341 e. The number of hydrogen-bond donors (Lipinski definition) is 2. The van der Waals surface area contributed by atoms with Gasteiger partial charge >= 0.3 is 5.97 Å². The van der Waals surface area contributed by atoms with Gasteiger partial charge in [0, 0.05) is 0 Å². The number of nitrogen functional groups attached to an aromatic ring is 1. The first-order valence-corrected chi connectivity index (χ1v) is 6.53. The van der Waals surface area contributed by atoms with Crippen molar-refractivity contribution < 1.29 is 19.0 Å². The predicted octanol–water partition coefficient (Wildman–Crippen LogP) is 3.07. The number of carboxylic acids is 1. The topological polar surface area (TPSA) is 72.5 Å². The van der Waals surface area contributed by atoms with Crippen LogP contribution >= 0.6 is 0 Å². The van der Waals surface area contributed by atoms with Gasteiger partial charge in [-0.15, -0.1) is 0 Å². The highest BCUT2D eigenvalue weighted by atomic mass is 19.1. The van der Waals surface area contributed by atoms with Crippen LogP contribution in [0.4, 0.5) is 10.1 Å². The van der Waals surface area contributed by atoms with Gasteiger partial charge in [-0.05, 0) is 30.9 Å². The van der Waals surface area contributed by atoms with E-state index in [4.69, 9.17) is 15.6 Å². The van der Waals surface area contributed by atoms with E-state index < -0.39 is 11.8 Å². The van der Waals surface area contributed by atoms with Crippen molar-refractivity contribution in [2.75, 3.05) is 12.3 Å². The van der Waals surface area contributed by atoms with E-state index in [1.54, 1.807) is 0 Å². The van der Waals surface area contributed by atoms with Crippen LogP contribution < -0.4 is 10.5 Å². The fourth-order valence-electron chi connectivity index (χ4n) is 2.48. The van der Waals surface area contributed by atoms with Crippen molar-refractivity contribution in [1.82, 2.24) is 0 Å². The van der Waals surface area contributed by atoms with Gasteiger partial charge in [0.2, 0.25) is 0 Å². The van der Waals surface area contributed by atoms with E-state index in [2.05, 4.69) is 0 Å². The van der Waals surface area contributed by atoms with Crippen LogP contribution in [0.25, 0.3) is 0 Å². The molecule has 4 nitrogen and oxygen atoms in total. The summed E-state index contributed by atoms with van der Waals surface area (Å²) < 4.78 is 18.8. The van der Waals surface area contributed by atoms with Crippen LogP contribution in [0.1, 0.15) is 42.5 Å². The first kappa shape index (κ1) is 13.6. The maximum absolute atomic E-state index is 13.3. The van der Waals surface area contributed by atoms with E-state index >= 15 is 0 Å². The second kappa shape index (κ2) is 5.91. The molecule has 0 radical (unpaired) electrons. The van der Waals surface area contributed by atoms with Gasteiger partial charge in [0.25, 0.3) is 0 Å². The Morgan fingerprint density at radius 2 is 2.05 bits per heavy atom. The third-order valence-electron chi connectivity index (χ3n) is 3.57. The number of anilines is 1. The van der Waals surface area contributed by atoms with Crippen LogP contribution in [0.3, 0.4) is 0 Å². The van der Waals surface area contributed by atoms with Gasteiger partial charge in [-0.3, -0.25) is 0 Å². The van der Waals surface area contributed by atoms with Crippen molar-refractivity contribution in [2.45, 2.75) is 32.1 Å². The van der Waals surface area contributed by atoms with Gasteiger partial charge in [0.1, 0.15) is 17.1 Å². The second-order valence-corrected chi connectivity index (χ2v) is 4.95. The summed E-state index contributed by atoms with van der Waals surface area (Å²) in [5.74, 6) is -1.41. The third kappa shape index (κ3) is 3.16. The lowest BCUT2D eigenvalue weighted by molar-refractivity contribution is 0.0691. The molecule has 0 bridgehead atoms. The highest BCUT2D eigenvalue weighted by Crippen LogP contribution is 2.29. The largest absolute Gasteiger partial charge is 0.492 e. The van der Waals surface area contributed by atoms with Crippen molar-refractivity contribution in [2.24, 2.45) is 5.92 Å². The number of nitrogens with two attached hydrogens (primary N) is 1. The molecule has 1 aromatic carbocycles. The first-order valence-electron chi connectivity index (χ1n) is 6.53. The molecule has 1 aliphatic carbocycles. The van der Waals surface area contributed by atoms with E-state index in [1.807, 2.05) is 0 Å². The molecule has 0 unspecified atom stereocenters. The molecule has 0 atom stereocenters. The summed E-state index contributed by atoms with van der Waals surface area (Å²) in [6.45, 7) is 0.464. The summed E-state index contributed by atoms with van der Waals surface area (Å²) in [6, 6.07) is 2.47. The lowest BCUT2D eigenvalue weighted by atomic mass is 9.90. The zero-order valence-electron chi connectivity index (χ0n) is 10.7. The Morgan fingerprint density at radius 3 is 2.68 bits per heavy atom. The number of benzene rings is 1. The zero-order valence-corrected chi connectivity index (χ0v) is 10.7. The fourth-order valence-corrected chi connectivity index (χ4v) is 2.48. The Kier molecular flexibility index (Phi) is 4.24. The maximum atomic E-state index is 13.3. The second-order valence-electron chi connectivity index (χ2n) is 4.95. The number of aromatic carboxylic acids is 1. The van der Waals surface area contributed by atoms with Gasteiger partial charge < -0.3 is 15.6 Å². The summed E-state index contributed by atoms with van der Waals surface area (Å²) in [7, 11) is 0. The number of ether oxygens (including phenoxy) is 1. The van der Waals surface area contributed by atoms with Gasteiger partial charge in [-0.2, -0.15) is 0 Å². The molecule has 1 saturated carbocycles. The Hall–Kier alpha value is -1.78. The highest BCUT2D eigenvalue weighted by molar-refractivity contribution is 5.96. The van der Waals surface area contributed by atoms with E-state index in [0.29, 0.717) is 12.5 Å². The molecule has 0 spiro atoms. The molecule has 0 amide bonds. The number of carboxylic acid groups (broad SMARTS) is 1. The standard InChI is InChI=1S/C14H18FNO3/c15-10-6-7-11(12(13(10)16)14(17)18)19-8-9-4-2-1-3-5-9/h6-7,9H,1-5,8,16H2,(H,17,18). The number of rotatable bonds is 4. The van der Waals surface area contributed by atoms with Gasteiger partial charge in [-0.25, -0.2) is 9.18 Å². The molecule has 0 heterocycles. The third-order valence-corrected chi connectivity index (χ3v) is 3.57. The van der Waals surface area contributed by atoms with Crippen LogP contribution in [0.5, 0.6) is 5.75 Å². The summed E-state index contributed by atoms with van der Waals surface area (Å²) in [6.07, 6.45) is 5.81. The molecule has 2 rings (SSSR count). The average Bonchev–Trinajstić information content (AvgIpc) is 2.41. The van der Waals surface area contributed by atoms with Crippen LogP contribution in [0.2, 0.25) is 0 Å². The van der Waals surface area contributed by atoms with Crippen molar-refractivity contribution in [3.63, 3.8) is 0 Å². The van der Waals surface area contributed by atoms with E-state index in [1.165, 1.54) is 25.3 Å². The van der Waals surface area contributed by atoms with Crippen molar-refractivity contribution in [3.05, 3.63) is 23.5 Å². The van der Waals surface area contributed by atoms with Crippen molar-refractivity contribution in [1.29, 1.82) is 0 Å². The minimum absolute atomic E-state index is 0.150. The minimum atomic E-state index is -1.27. The molecular formula is C14H18FNO3. The molecule has 3 N–H and O–H groups in total. The molecule has 104 valence electrons. The summed E-state index contributed by atoms with van der Waals surface area (Å²) in [5.41, 5.74) is 4.81. The highest BCUT2D eigenvalue weighted by Gasteiger charge is 2.20. The molecule has 1 aromatic rings. The minimum Gasteiger partial charge on any atom is -0.492 e. The van der Waals surface area contributed by atoms with Crippen LogP contribution in [-0.4, -0.2) is 17.7 Å². The first-order chi connectivity index (χ1) is 9.09. The van der Waals surface area contributed by atoms with E-state index in [9.17, 15) is 9.18 Å². The Labute approximate surface area is 111 Å². The quantitative estimate of drug-likeness (QED) is 0.822. The normalized spacial score (nSPS) is 16.3. The number of carbonyl (C=O) groups is 1. The molecule has 19 heavy (non-hydrogen) atoms. The SMILES string of the molecule is Nc1c(F)ccc(OCC2CCCCC2)c1C(=O)O. The van der Waals surface area contributed by atoms with Crippen molar-refractivity contribution >= 4 is 11.7 Å². The Bertz CT molecular complexity index is 470. The summed E-state index contributed by atoms with van der Waals surface area (Å²) >= 11 is 0. The molecule has 5 heteroatoms. The molecule has 1 aliphatic rings. The van der Waals surface area contributed by atoms with Crippen LogP contribution in [0, 0.1) is 11.7 Å². The van der Waals surface area contributed by atoms with Crippen LogP contribution in [-0.2, 0) is 0 Å². The predicted molar refractivity (Wildman–Crippen MR) is 69.8 cm³/mol. The summed E-state index contributed by atoms with van der Waals surface area (Å²) in [5, 5.41) is 9.08. The number of halogens is 1. The number of hydrogen-bond acceptors (Lipinski definition) is 3.